The highest BCUT2D eigenvalue weighted by atomic mass is 19.4. The van der Waals surface area contributed by atoms with Crippen LogP contribution in [0.5, 0.6) is 5.75 Å². The molecule has 6 nitrogen and oxygen atoms in total. The maximum absolute atomic E-state index is 12.9. The number of piperidine rings is 1. The molecule has 0 radical (unpaired) electrons. The highest BCUT2D eigenvalue weighted by molar-refractivity contribution is 5.68. The summed E-state index contributed by atoms with van der Waals surface area (Å²) in [6, 6.07) is 2.76. The first kappa shape index (κ1) is 20.2. The zero-order valence-corrected chi connectivity index (χ0v) is 14.9. The summed E-state index contributed by atoms with van der Waals surface area (Å²) in [5.74, 6) is -0.127. The lowest BCUT2D eigenvalue weighted by atomic mass is 10.1. The normalized spacial score (nSPS) is 18.4. The molecule has 1 fully saturated rings. The lowest BCUT2D eigenvalue weighted by Gasteiger charge is -2.34. The van der Waals surface area contributed by atoms with E-state index in [2.05, 4.69) is 0 Å². The van der Waals surface area contributed by atoms with Crippen LogP contribution in [0, 0.1) is 0 Å². The van der Waals surface area contributed by atoms with Crippen LogP contribution in [-0.2, 0) is 10.9 Å². The Labute approximate surface area is 149 Å². The second-order valence-corrected chi connectivity index (χ2v) is 7.13. The summed E-state index contributed by atoms with van der Waals surface area (Å²) in [5, 5.41) is 9.11. The molecule has 1 atom stereocenters. The molecule has 1 aromatic carbocycles. The Morgan fingerprint density at radius 2 is 2.00 bits per heavy atom. The van der Waals surface area contributed by atoms with Gasteiger partial charge in [-0.3, -0.25) is 10.7 Å². The molecule has 0 bridgehead atoms. The number of carbonyl (C=O) groups is 1. The maximum Gasteiger partial charge on any atom is 0.416 e. The lowest BCUT2D eigenvalue weighted by molar-refractivity contribution is -0.137. The molecule has 1 unspecified atom stereocenters. The summed E-state index contributed by atoms with van der Waals surface area (Å²) < 4.78 is 49.7. The first-order valence-corrected chi connectivity index (χ1v) is 8.25. The van der Waals surface area contributed by atoms with Gasteiger partial charge in [0.2, 0.25) is 0 Å². The van der Waals surface area contributed by atoms with Crippen molar-refractivity contribution in [1.29, 1.82) is 0 Å². The average Bonchev–Trinajstić information content (AvgIpc) is 2.52. The Hall–Kier alpha value is -2.16. The molecule has 1 heterocycles. The van der Waals surface area contributed by atoms with Gasteiger partial charge in [-0.2, -0.15) is 13.2 Å². The Balaban J connectivity index is 2.11. The SMILES string of the molecule is CC(C)(C)OC(=O)N1CCCC(Oc2cc(C(F)(F)F)ccc2NO)C1. The topological polar surface area (TPSA) is 71.0 Å². The van der Waals surface area contributed by atoms with E-state index in [0.29, 0.717) is 19.4 Å². The number of ether oxygens (including phenoxy) is 2. The minimum absolute atomic E-state index is 0.0207. The Morgan fingerprint density at radius 1 is 1.31 bits per heavy atom. The predicted octanol–water partition coefficient (Wildman–Crippen LogP) is 4.28. The highest BCUT2D eigenvalue weighted by Gasteiger charge is 2.33. The van der Waals surface area contributed by atoms with Gasteiger partial charge >= 0.3 is 12.3 Å². The number of carbonyl (C=O) groups excluding carboxylic acids is 1. The van der Waals surface area contributed by atoms with Crippen LogP contribution < -0.4 is 10.2 Å². The molecule has 0 saturated carbocycles. The molecular formula is C17H23F3N2O4. The quantitative estimate of drug-likeness (QED) is 0.771. The zero-order valence-electron chi connectivity index (χ0n) is 14.9. The average molecular weight is 376 g/mol. The molecule has 146 valence electrons. The largest absolute Gasteiger partial charge is 0.486 e. The lowest BCUT2D eigenvalue weighted by Crippen LogP contribution is -2.46. The molecule has 0 aromatic heterocycles. The molecule has 9 heteroatoms. The molecule has 1 aliphatic heterocycles. The van der Waals surface area contributed by atoms with E-state index in [1.165, 1.54) is 4.90 Å². The van der Waals surface area contributed by atoms with Crippen molar-refractivity contribution in [1.82, 2.24) is 4.90 Å². The molecule has 26 heavy (non-hydrogen) atoms. The van der Waals surface area contributed by atoms with Crippen molar-refractivity contribution in [3.8, 4) is 5.75 Å². The third kappa shape index (κ3) is 5.42. The standard InChI is InChI=1S/C17H23F3N2O4/c1-16(2,3)26-15(23)22-8-4-5-12(10-22)25-14-9-11(17(18,19)20)6-7-13(14)21-24/h6-7,9,12,21,24H,4-5,8,10H2,1-3H3. The molecule has 1 aromatic rings. The maximum atomic E-state index is 12.9. The summed E-state index contributed by atoms with van der Waals surface area (Å²) >= 11 is 0. The Bertz CT molecular complexity index is 644. The minimum Gasteiger partial charge on any atom is -0.486 e. The minimum atomic E-state index is -4.53. The van der Waals surface area contributed by atoms with E-state index >= 15 is 0 Å². The van der Waals surface area contributed by atoms with E-state index in [-0.39, 0.29) is 18.0 Å². The fourth-order valence-electron chi connectivity index (χ4n) is 2.59. The molecule has 1 saturated heterocycles. The fourth-order valence-corrected chi connectivity index (χ4v) is 2.59. The summed E-state index contributed by atoms with van der Waals surface area (Å²) in [6.07, 6.45) is -4.32. The van der Waals surface area contributed by atoms with Crippen molar-refractivity contribution in [2.45, 2.75) is 51.5 Å². The van der Waals surface area contributed by atoms with Gasteiger partial charge < -0.3 is 14.4 Å². The number of nitrogens with one attached hydrogen (secondary N) is 1. The van der Waals surface area contributed by atoms with Gasteiger partial charge in [-0.1, -0.05) is 0 Å². The van der Waals surface area contributed by atoms with Crippen LogP contribution in [-0.4, -0.2) is 41.0 Å². The highest BCUT2D eigenvalue weighted by Crippen LogP contribution is 2.36. The Morgan fingerprint density at radius 3 is 2.58 bits per heavy atom. The fraction of sp³-hybridized carbons (Fsp3) is 0.588. The molecule has 0 spiro atoms. The smallest absolute Gasteiger partial charge is 0.416 e. The van der Waals surface area contributed by atoms with Crippen molar-refractivity contribution >= 4 is 11.8 Å². The van der Waals surface area contributed by atoms with Gasteiger partial charge in [0, 0.05) is 6.54 Å². The number of rotatable bonds is 3. The van der Waals surface area contributed by atoms with Gasteiger partial charge in [0.25, 0.3) is 0 Å². The number of amides is 1. The van der Waals surface area contributed by atoms with Crippen LogP contribution >= 0.6 is 0 Å². The third-order valence-corrected chi connectivity index (χ3v) is 3.75. The van der Waals surface area contributed by atoms with Gasteiger partial charge in [-0.05, 0) is 51.8 Å². The summed E-state index contributed by atoms with van der Waals surface area (Å²) in [6.45, 7) is 5.94. The number of likely N-dealkylation sites (tertiary alicyclic amines) is 1. The van der Waals surface area contributed by atoms with E-state index in [1.54, 1.807) is 20.8 Å². The predicted molar refractivity (Wildman–Crippen MR) is 88.3 cm³/mol. The number of hydrogen-bond acceptors (Lipinski definition) is 5. The van der Waals surface area contributed by atoms with E-state index in [0.717, 1.165) is 18.2 Å². The van der Waals surface area contributed by atoms with Gasteiger partial charge in [-0.15, -0.1) is 0 Å². The van der Waals surface area contributed by atoms with Crippen LogP contribution in [0.3, 0.4) is 0 Å². The third-order valence-electron chi connectivity index (χ3n) is 3.75. The summed E-state index contributed by atoms with van der Waals surface area (Å²) in [5.41, 5.74) is 0.330. The first-order valence-electron chi connectivity index (χ1n) is 8.25. The summed E-state index contributed by atoms with van der Waals surface area (Å²) in [7, 11) is 0. The van der Waals surface area contributed by atoms with Crippen molar-refractivity contribution in [2.75, 3.05) is 18.6 Å². The van der Waals surface area contributed by atoms with Gasteiger partial charge in [0.15, 0.2) is 0 Å². The van der Waals surface area contributed by atoms with Crippen LogP contribution in [0.4, 0.5) is 23.7 Å². The van der Waals surface area contributed by atoms with Crippen molar-refractivity contribution < 1.29 is 32.6 Å². The van der Waals surface area contributed by atoms with E-state index in [9.17, 15) is 18.0 Å². The molecular weight excluding hydrogens is 353 g/mol. The number of hydrogen-bond donors (Lipinski definition) is 2. The number of nitrogens with zero attached hydrogens (tertiary/aromatic N) is 1. The molecule has 2 rings (SSSR count). The van der Waals surface area contributed by atoms with Crippen molar-refractivity contribution in [3.63, 3.8) is 0 Å². The van der Waals surface area contributed by atoms with Crippen LogP contribution in [0.25, 0.3) is 0 Å². The first-order chi connectivity index (χ1) is 12.0. The number of anilines is 1. The van der Waals surface area contributed by atoms with Crippen molar-refractivity contribution in [3.05, 3.63) is 23.8 Å². The van der Waals surface area contributed by atoms with Gasteiger partial charge in [0.1, 0.15) is 23.1 Å². The molecule has 1 amide bonds. The van der Waals surface area contributed by atoms with Crippen LogP contribution in [0.15, 0.2) is 18.2 Å². The second-order valence-electron chi connectivity index (χ2n) is 7.13. The van der Waals surface area contributed by atoms with Crippen molar-refractivity contribution in [2.24, 2.45) is 0 Å². The van der Waals surface area contributed by atoms with E-state index in [4.69, 9.17) is 14.7 Å². The monoisotopic (exact) mass is 376 g/mol. The molecule has 0 aliphatic carbocycles. The van der Waals surface area contributed by atoms with E-state index < -0.39 is 29.5 Å². The number of alkyl halides is 3. The Kier molecular flexibility index (Phi) is 5.90. The van der Waals surface area contributed by atoms with Crippen LogP contribution in [0.2, 0.25) is 0 Å². The number of benzene rings is 1. The second kappa shape index (κ2) is 7.61. The zero-order chi connectivity index (χ0) is 19.5. The van der Waals surface area contributed by atoms with Crippen LogP contribution in [0.1, 0.15) is 39.2 Å². The summed E-state index contributed by atoms with van der Waals surface area (Å²) in [4.78, 5) is 13.6. The number of halogens is 3. The van der Waals surface area contributed by atoms with Gasteiger partial charge in [0.05, 0.1) is 12.1 Å². The van der Waals surface area contributed by atoms with E-state index in [1.807, 2.05) is 5.48 Å². The molecule has 2 N–H and O–H groups in total. The van der Waals surface area contributed by atoms with Gasteiger partial charge in [-0.25, -0.2) is 4.79 Å². The molecule has 1 aliphatic rings.